The maximum atomic E-state index is 13.0. The summed E-state index contributed by atoms with van der Waals surface area (Å²) in [6.07, 6.45) is 2.85. The van der Waals surface area contributed by atoms with E-state index in [-0.39, 0.29) is 16.5 Å². The highest BCUT2D eigenvalue weighted by molar-refractivity contribution is 7.89. The van der Waals surface area contributed by atoms with Gasteiger partial charge in [-0.05, 0) is 55.0 Å². The molecule has 1 saturated carbocycles. The molecule has 7 nitrogen and oxygen atoms in total. The van der Waals surface area contributed by atoms with Crippen molar-refractivity contribution in [3.63, 3.8) is 0 Å². The number of hydrogen-bond donors (Lipinski definition) is 2. The second-order valence-electron chi connectivity index (χ2n) is 7.36. The smallest absolute Gasteiger partial charge is 0.259 e. The number of ether oxygens (including phenoxy) is 2. The number of amides is 1. The summed E-state index contributed by atoms with van der Waals surface area (Å²) < 4.78 is 38.6. The van der Waals surface area contributed by atoms with Crippen molar-refractivity contribution in [1.29, 1.82) is 0 Å². The maximum absolute atomic E-state index is 13.0. The third-order valence-corrected chi connectivity index (χ3v) is 6.72. The summed E-state index contributed by atoms with van der Waals surface area (Å²) in [5.41, 5.74) is 2.02. The minimum Gasteiger partial charge on any atom is -0.496 e. The number of carbonyl (C=O) groups is 1. The first-order valence-electron chi connectivity index (χ1n) is 9.66. The van der Waals surface area contributed by atoms with Gasteiger partial charge in [-0.2, -0.15) is 0 Å². The first-order chi connectivity index (χ1) is 14.0. The molecule has 1 amide bonds. The van der Waals surface area contributed by atoms with Crippen LogP contribution in [0, 0.1) is 0 Å². The van der Waals surface area contributed by atoms with Crippen LogP contribution in [0.2, 0.25) is 0 Å². The topological polar surface area (TPSA) is 93.7 Å². The Balaban J connectivity index is 1.60. The standard InChI is InChI=1S/C21H24N2O5S/c1-27-20-9-8-16(29(25,26)23-15-10-11-28-13-15)12-18(20)21(24)22-19-5-3-2-4-17(19)14-6-7-14/h2-5,8-9,12,14-15,23H,6-7,10-11,13H2,1H3,(H,22,24). The molecule has 0 radical (unpaired) electrons. The lowest BCUT2D eigenvalue weighted by atomic mass is 10.1. The van der Waals surface area contributed by atoms with Crippen molar-refractivity contribution in [1.82, 2.24) is 4.72 Å². The highest BCUT2D eigenvalue weighted by atomic mass is 32.2. The fourth-order valence-corrected chi connectivity index (χ4v) is 4.78. The van der Waals surface area contributed by atoms with Crippen molar-refractivity contribution in [3.8, 4) is 5.75 Å². The Hall–Kier alpha value is -2.42. The highest BCUT2D eigenvalue weighted by Gasteiger charge is 2.28. The molecule has 0 bridgehead atoms. The van der Waals surface area contributed by atoms with Gasteiger partial charge < -0.3 is 14.8 Å². The van der Waals surface area contributed by atoms with E-state index in [0.29, 0.717) is 31.3 Å². The quantitative estimate of drug-likeness (QED) is 0.724. The van der Waals surface area contributed by atoms with Crippen LogP contribution in [0.3, 0.4) is 0 Å². The number of rotatable bonds is 7. The van der Waals surface area contributed by atoms with Gasteiger partial charge in [0.1, 0.15) is 5.75 Å². The monoisotopic (exact) mass is 416 g/mol. The summed E-state index contributed by atoms with van der Waals surface area (Å²) in [5, 5.41) is 2.92. The van der Waals surface area contributed by atoms with Gasteiger partial charge in [0, 0.05) is 18.3 Å². The van der Waals surface area contributed by atoms with E-state index in [1.54, 1.807) is 0 Å². The second-order valence-corrected chi connectivity index (χ2v) is 9.07. The van der Waals surface area contributed by atoms with E-state index in [2.05, 4.69) is 10.0 Å². The Morgan fingerprint density at radius 1 is 1.14 bits per heavy atom. The van der Waals surface area contributed by atoms with Crippen LogP contribution in [0.15, 0.2) is 47.4 Å². The van der Waals surface area contributed by atoms with Crippen molar-refractivity contribution < 1.29 is 22.7 Å². The average molecular weight is 416 g/mol. The minimum atomic E-state index is -3.77. The van der Waals surface area contributed by atoms with Gasteiger partial charge in [-0.25, -0.2) is 13.1 Å². The van der Waals surface area contributed by atoms with E-state index in [1.165, 1.54) is 25.3 Å². The number of anilines is 1. The summed E-state index contributed by atoms with van der Waals surface area (Å²) in [5.74, 6) is 0.378. The molecule has 2 aromatic carbocycles. The van der Waals surface area contributed by atoms with Crippen molar-refractivity contribution in [3.05, 3.63) is 53.6 Å². The first-order valence-corrected chi connectivity index (χ1v) is 11.1. The van der Waals surface area contributed by atoms with E-state index in [1.807, 2.05) is 24.3 Å². The van der Waals surface area contributed by atoms with Crippen LogP contribution >= 0.6 is 0 Å². The normalized spacial score (nSPS) is 19.1. The van der Waals surface area contributed by atoms with Crippen LogP contribution in [0.25, 0.3) is 0 Å². The first kappa shape index (κ1) is 19.9. The summed E-state index contributed by atoms with van der Waals surface area (Å²) >= 11 is 0. The van der Waals surface area contributed by atoms with Crippen molar-refractivity contribution in [2.75, 3.05) is 25.6 Å². The van der Waals surface area contributed by atoms with Gasteiger partial charge in [-0.15, -0.1) is 0 Å². The molecule has 2 aromatic rings. The van der Waals surface area contributed by atoms with E-state index in [9.17, 15) is 13.2 Å². The Labute approximate surface area is 170 Å². The predicted molar refractivity (Wildman–Crippen MR) is 109 cm³/mol. The van der Waals surface area contributed by atoms with Crippen molar-refractivity contribution >= 4 is 21.6 Å². The van der Waals surface area contributed by atoms with Crippen LogP contribution < -0.4 is 14.8 Å². The number of nitrogens with one attached hydrogen (secondary N) is 2. The number of carbonyl (C=O) groups excluding carboxylic acids is 1. The summed E-state index contributed by atoms with van der Waals surface area (Å²) in [4.78, 5) is 13.0. The largest absolute Gasteiger partial charge is 0.496 e. The molecule has 2 aliphatic rings. The maximum Gasteiger partial charge on any atom is 0.259 e. The zero-order valence-corrected chi connectivity index (χ0v) is 17.0. The van der Waals surface area contributed by atoms with Gasteiger partial charge in [0.2, 0.25) is 10.0 Å². The van der Waals surface area contributed by atoms with Gasteiger partial charge in [0.15, 0.2) is 0 Å². The lowest BCUT2D eigenvalue weighted by Crippen LogP contribution is -2.35. The number of methoxy groups -OCH3 is 1. The molecule has 8 heteroatoms. The number of hydrogen-bond acceptors (Lipinski definition) is 5. The van der Waals surface area contributed by atoms with Crippen LogP contribution in [0.1, 0.15) is 41.1 Å². The van der Waals surface area contributed by atoms with Gasteiger partial charge >= 0.3 is 0 Å². The Morgan fingerprint density at radius 2 is 1.93 bits per heavy atom. The third-order valence-electron chi connectivity index (χ3n) is 5.20. The van der Waals surface area contributed by atoms with Crippen LogP contribution in [-0.2, 0) is 14.8 Å². The molecule has 4 rings (SSSR count). The molecular formula is C21H24N2O5S. The molecule has 1 heterocycles. The molecule has 0 aromatic heterocycles. The van der Waals surface area contributed by atoms with Gasteiger partial charge in [0.25, 0.3) is 5.91 Å². The van der Waals surface area contributed by atoms with Crippen LogP contribution in [-0.4, -0.2) is 40.7 Å². The Morgan fingerprint density at radius 3 is 2.62 bits per heavy atom. The molecule has 1 aliphatic carbocycles. The molecular weight excluding hydrogens is 392 g/mol. The lowest BCUT2D eigenvalue weighted by Gasteiger charge is -2.15. The number of benzene rings is 2. The zero-order chi connectivity index (χ0) is 20.4. The van der Waals surface area contributed by atoms with Gasteiger partial charge in [0.05, 0.1) is 24.2 Å². The summed E-state index contributed by atoms with van der Waals surface area (Å²) in [7, 11) is -2.32. The van der Waals surface area contributed by atoms with Crippen LogP contribution in [0.4, 0.5) is 5.69 Å². The SMILES string of the molecule is COc1ccc(S(=O)(=O)NC2CCOC2)cc1C(=O)Nc1ccccc1C1CC1. The third kappa shape index (κ3) is 4.44. The highest BCUT2D eigenvalue weighted by Crippen LogP contribution is 2.43. The fraction of sp³-hybridized carbons (Fsp3) is 0.381. The number of para-hydroxylation sites is 1. The van der Waals surface area contributed by atoms with Crippen molar-refractivity contribution in [2.24, 2.45) is 0 Å². The van der Waals surface area contributed by atoms with E-state index in [4.69, 9.17) is 9.47 Å². The number of sulfonamides is 1. The molecule has 1 saturated heterocycles. The molecule has 29 heavy (non-hydrogen) atoms. The molecule has 2 fully saturated rings. The van der Waals surface area contributed by atoms with E-state index < -0.39 is 15.9 Å². The predicted octanol–water partition coefficient (Wildman–Crippen LogP) is 2.89. The Kier molecular flexibility index (Phi) is 5.58. The molecule has 154 valence electrons. The molecule has 1 unspecified atom stereocenters. The average Bonchev–Trinajstić information content (AvgIpc) is 3.44. The van der Waals surface area contributed by atoms with Crippen LogP contribution in [0.5, 0.6) is 5.75 Å². The second kappa shape index (κ2) is 8.14. The molecule has 1 atom stereocenters. The minimum absolute atomic E-state index is 0.0193. The van der Waals surface area contributed by atoms with E-state index in [0.717, 1.165) is 24.1 Å². The lowest BCUT2D eigenvalue weighted by molar-refractivity contribution is 0.102. The molecule has 2 N–H and O–H groups in total. The zero-order valence-electron chi connectivity index (χ0n) is 16.2. The van der Waals surface area contributed by atoms with Gasteiger partial charge in [-0.3, -0.25) is 4.79 Å². The van der Waals surface area contributed by atoms with Crippen molar-refractivity contribution in [2.45, 2.75) is 36.1 Å². The summed E-state index contributed by atoms with van der Waals surface area (Å²) in [6, 6.07) is 11.7. The summed E-state index contributed by atoms with van der Waals surface area (Å²) in [6.45, 7) is 0.880. The van der Waals surface area contributed by atoms with E-state index >= 15 is 0 Å². The Bertz CT molecular complexity index is 1010. The molecule has 1 aliphatic heterocycles. The molecule has 0 spiro atoms. The fourth-order valence-electron chi connectivity index (χ4n) is 3.50. The van der Waals surface area contributed by atoms with Gasteiger partial charge in [-0.1, -0.05) is 18.2 Å².